The van der Waals surface area contributed by atoms with E-state index in [0.717, 1.165) is 36.9 Å². The van der Waals surface area contributed by atoms with Crippen LogP contribution in [0.4, 0.5) is 10.1 Å². The number of hydrogen-bond donors (Lipinski definition) is 1. The van der Waals surface area contributed by atoms with Crippen LogP contribution in [0.15, 0.2) is 24.8 Å². The van der Waals surface area contributed by atoms with Crippen molar-refractivity contribution >= 4 is 11.6 Å². The summed E-state index contributed by atoms with van der Waals surface area (Å²) in [6, 6.07) is 0.396. The number of carbonyl (C=O) groups is 1. The third kappa shape index (κ3) is 3.36. The van der Waals surface area contributed by atoms with Crippen LogP contribution in [0, 0.1) is 18.7 Å². The summed E-state index contributed by atoms with van der Waals surface area (Å²) >= 11 is 0. The third-order valence-corrected chi connectivity index (χ3v) is 4.92. The fourth-order valence-corrected chi connectivity index (χ4v) is 3.34. The van der Waals surface area contributed by atoms with Gasteiger partial charge >= 0.3 is 0 Å². The largest absolute Gasteiger partial charge is 0.368 e. The van der Waals surface area contributed by atoms with E-state index in [-0.39, 0.29) is 11.8 Å². The molecule has 1 amide bonds. The van der Waals surface area contributed by atoms with Gasteiger partial charge in [0.05, 0.1) is 24.3 Å². The zero-order valence-electron chi connectivity index (χ0n) is 14.3. The lowest BCUT2D eigenvalue weighted by molar-refractivity contribution is -0.125. The Balaban J connectivity index is 1.51. The molecule has 2 fully saturated rings. The zero-order valence-corrected chi connectivity index (χ0v) is 14.3. The van der Waals surface area contributed by atoms with Crippen molar-refractivity contribution in [3.63, 3.8) is 0 Å². The maximum atomic E-state index is 14.4. The molecule has 0 aromatic carbocycles. The molecule has 6 nitrogen and oxygen atoms in total. The SMILES string of the molecule is Cc1cnn(-c2c(F)cncc2N2CCC(C(=O)NC3CC3)CC2)c1. The highest BCUT2D eigenvalue weighted by atomic mass is 19.1. The summed E-state index contributed by atoms with van der Waals surface area (Å²) in [6.07, 6.45) is 10.2. The van der Waals surface area contributed by atoms with E-state index in [1.807, 2.05) is 6.92 Å². The molecule has 0 bridgehead atoms. The Bertz CT molecular complexity index is 778. The van der Waals surface area contributed by atoms with Gasteiger partial charge < -0.3 is 10.2 Å². The van der Waals surface area contributed by atoms with Crippen molar-refractivity contribution in [2.75, 3.05) is 18.0 Å². The van der Waals surface area contributed by atoms with E-state index >= 15 is 0 Å². The van der Waals surface area contributed by atoms with Crippen molar-refractivity contribution in [1.29, 1.82) is 0 Å². The van der Waals surface area contributed by atoms with Crippen LogP contribution >= 0.6 is 0 Å². The van der Waals surface area contributed by atoms with E-state index in [1.54, 1.807) is 23.3 Å². The van der Waals surface area contributed by atoms with Gasteiger partial charge in [-0.2, -0.15) is 5.10 Å². The van der Waals surface area contributed by atoms with Crippen molar-refractivity contribution in [2.24, 2.45) is 5.92 Å². The number of aryl methyl sites for hydroxylation is 1. The van der Waals surface area contributed by atoms with E-state index in [2.05, 4.69) is 20.3 Å². The van der Waals surface area contributed by atoms with Gasteiger partial charge in [-0.3, -0.25) is 9.78 Å². The summed E-state index contributed by atoms with van der Waals surface area (Å²) in [6.45, 7) is 3.34. The highest BCUT2D eigenvalue weighted by Gasteiger charge is 2.31. The van der Waals surface area contributed by atoms with E-state index in [4.69, 9.17) is 0 Å². The smallest absolute Gasteiger partial charge is 0.223 e. The molecule has 25 heavy (non-hydrogen) atoms. The van der Waals surface area contributed by atoms with Crippen LogP contribution in [0.2, 0.25) is 0 Å². The topological polar surface area (TPSA) is 63.1 Å². The molecule has 0 radical (unpaired) electrons. The summed E-state index contributed by atoms with van der Waals surface area (Å²) < 4.78 is 16.0. The van der Waals surface area contributed by atoms with Crippen LogP contribution in [0.3, 0.4) is 0 Å². The molecule has 1 N–H and O–H groups in total. The van der Waals surface area contributed by atoms with Crippen LogP contribution in [-0.4, -0.2) is 39.8 Å². The van der Waals surface area contributed by atoms with Crippen LogP contribution in [0.1, 0.15) is 31.2 Å². The number of rotatable bonds is 4. The molecule has 2 aromatic heterocycles. The molecule has 1 saturated carbocycles. The standard InChI is InChI=1S/C18H22FN5O/c1-12-8-21-24(11-12)17-15(19)9-20-10-16(17)23-6-4-13(5-7-23)18(25)22-14-2-3-14/h8-11,13-14H,2-7H2,1H3,(H,22,25). The highest BCUT2D eigenvalue weighted by molar-refractivity contribution is 5.79. The number of halogens is 1. The number of nitrogens with one attached hydrogen (secondary N) is 1. The predicted molar refractivity (Wildman–Crippen MR) is 92.2 cm³/mol. The van der Waals surface area contributed by atoms with Crippen molar-refractivity contribution in [3.05, 3.63) is 36.2 Å². The fourth-order valence-electron chi connectivity index (χ4n) is 3.34. The number of nitrogens with zero attached hydrogens (tertiary/aromatic N) is 4. The minimum atomic E-state index is -0.394. The normalized spacial score (nSPS) is 18.4. The van der Waals surface area contributed by atoms with Gasteiger partial charge in [0, 0.05) is 31.2 Å². The molecular weight excluding hydrogens is 321 g/mol. The van der Waals surface area contributed by atoms with Gasteiger partial charge in [-0.15, -0.1) is 0 Å². The van der Waals surface area contributed by atoms with E-state index in [9.17, 15) is 9.18 Å². The Morgan fingerprint density at radius 1 is 1.20 bits per heavy atom. The van der Waals surface area contributed by atoms with Crippen molar-refractivity contribution < 1.29 is 9.18 Å². The number of carbonyl (C=O) groups excluding carboxylic acids is 1. The van der Waals surface area contributed by atoms with Gasteiger partial charge in [0.2, 0.25) is 5.91 Å². The summed E-state index contributed by atoms with van der Waals surface area (Å²) in [5.74, 6) is -0.176. The monoisotopic (exact) mass is 343 g/mol. The van der Waals surface area contributed by atoms with Crippen LogP contribution in [0.25, 0.3) is 5.69 Å². The first-order valence-electron chi connectivity index (χ1n) is 8.82. The first kappa shape index (κ1) is 16.1. The average Bonchev–Trinajstić information content (AvgIpc) is 3.33. The lowest BCUT2D eigenvalue weighted by Crippen LogP contribution is -2.41. The lowest BCUT2D eigenvalue weighted by atomic mass is 9.95. The maximum absolute atomic E-state index is 14.4. The van der Waals surface area contributed by atoms with E-state index < -0.39 is 5.82 Å². The van der Waals surface area contributed by atoms with Gasteiger partial charge in [0.15, 0.2) is 5.82 Å². The number of piperidine rings is 1. The number of aromatic nitrogens is 3. The maximum Gasteiger partial charge on any atom is 0.223 e. The highest BCUT2D eigenvalue weighted by Crippen LogP contribution is 2.30. The number of amides is 1. The Labute approximate surface area is 146 Å². The number of pyridine rings is 1. The molecule has 0 unspecified atom stereocenters. The molecule has 1 saturated heterocycles. The summed E-state index contributed by atoms with van der Waals surface area (Å²) in [5, 5.41) is 7.33. The second kappa shape index (κ2) is 6.46. The molecule has 2 aliphatic rings. The van der Waals surface area contributed by atoms with Crippen molar-refractivity contribution in [3.8, 4) is 5.69 Å². The summed E-state index contributed by atoms with van der Waals surface area (Å²) in [5.41, 5.74) is 2.12. The number of hydrogen-bond acceptors (Lipinski definition) is 4. The number of anilines is 1. The van der Waals surface area contributed by atoms with Crippen LogP contribution in [0.5, 0.6) is 0 Å². The van der Waals surface area contributed by atoms with Gasteiger partial charge in [-0.1, -0.05) is 0 Å². The molecule has 0 spiro atoms. The summed E-state index contributed by atoms with van der Waals surface area (Å²) in [7, 11) is 0. The summed E-state index contributed by atoms with van der Waals surface area (Å²) in [4.78, 5) is 18.3. The minimum Gasteiger partial charge on any atom is -0.368 e. The van der Waals surface area contributed by atoms with Crippen LogP contribution in [-0.2, 0) is 4.79 Å². The Morgan fingerprint density at radius 2 is 1.96 bits per heavy atom. The van der Waals surface area contributed by atoms with Gasteiger partial charge in [0.1, 0.15) is 5.69 Å². The molecule has 1 aliphatic heterocycles. The molecule has 132 valence electrons. The second-order valence-electron chi connectivity index (χ2n) is 7.00. The third-order valence-electron chi connectivity index (χ3n) is 4.92. The lowest BCUT2D eigenvalue weighted by Gasteiger charge is -2.33. The molecule has 3 heterocycles. The Kier molecular flexibility index (Phi) is 4.15. The Hall–Kier alpha value is -2.44. The van der Waals surface area contributed by atoms with Crippen molar-refractivity contribution in [2.45, 2.75) is 38.6 Å². The van der Waals surface area contributed by atoms with Gasteiger partial charge in [-0.25, -0.2) is 9.07 Å². The quantitative estimate of drug-likeness (QED) is 0.924. The molecule has 0 atom stereocenters. The molecule has 2 aromatic rings. The second-order valence-corrected chi connectivity index (χ2v) is 7.00. The van der Waals surface area contributed by atoms with Crippen LogP contribution < -0.4 is 10.2 Å². The van der Waals surface area contributed by atoms with E-state index in [0.29, 0.717) is 24.8 Å². The van der Waals surface area contributed by atoms with E-state index in [1.165, 1.54) is 6.20 Å². The van der Waals surface area contributed by atoms with Gasteiger partial charge in [0.25, 0.3) is 0 Å². The molecule has 4 rings (SSSR count). The molecular formula is C18H22FN5O. The van der Waals surface area contributed by atoms with Gasteiger partial charge in [-0.05, 0) is 38.2 Å². The Morgan fingerprint density at radius 3 is 2.60 bits per heavy atom. The first-order chi connectivity index (χ1) is 12.1. The molecule has 7 heteroatoms. The average molecular weight is 343 g/mol. The van der Waals surface area contributed by atoms with Crippen molar-refractivity contribution in [1.82, 2.24) is 20.1 Å². The minimum absolute atomic E-state index is 0.0498. The predicted octanol–water partition coefficient (Wildman–Crippen LogP) is 2.21. The fraction of sp³-hybridized carbons (Fsp3) is 0.500. The zero-order chi connectivity index (χ0) is 17.4. The first-order valence-corrected chi connectivity index (χ1v) is 8.82. The molecule has 1 aliphatic carbocycles.